The average molecular weight is 934 g/mol. The van der Waals surface area contributed by atoms with Crippen LogP contribution in [0, 0.1) is 11.8 Å². The Kier molecular flexibility index (Phi) is 19.0. The second kappa shape index (κ2) is 24.3. The van der Waals surface area contributed by atoms with Gasteiger partial charge >= 0.3 is 11.9 Å². The van der Waals surface area contributed by atoms with Gasteiger partial charge in [-0.1, -0.05) is 58.0 Å². The van der Waals surface area contributed by atoms with Gasteiger partial charge in [0.05, 0.1) is 12.5 Å². The van der Waals surface area contributed by atoms with E-state index in [1.807, 2.05) is 0 Å². The molecule has 0 spiro atoms. The highest BCUT2D eigenvalue weighted by molar-refractivity contribution is 5.98. The standard InChI is InChI=1S/C45H63N11O11/c1-23(2)36(46)41(63)51-30(11-7-17-49-45(47)48)38(60)52-31(20-26-22-50-29-10-6-5-9-28(26)29)39(61)53-32(21-35(58)59)40(62)55-37(24(3)4)42(64)54-33(19-25-13-15-27(57)16-14-25)43(65)56-18-8-12-34(56)44(66)67/h5-6,9-10,13-16,22-24,30-34,36-37,50,57H,7-8,11-12,17-21,46H2,1-4H3,(H,51,63)(H,52,60)(H,53,61)(H,54,64)(H,55,62)(H,58,59)(H,66,67)(H4,47,48,49)/t30-,31-,32-,33-,34-,36-,37-/m0/s1. The Bertz CT molecular complexity index is 2280. The number of carbonyl (C=O) groups is 8. The fraction of sp³-hybridized carbons (Fsp3) is 0.489. The van der Waals surface area contributed by atoms with Crippen molar-refractivity contribution in [3.8, 4) is 5.75 Å². The lowest BCUT2D eigenvalue weighted by atomic mass is 9.99. The maximum absolute atomic E-state index is 14.3. The number of aliphatic carboxylic acids is 2. The highest BCUT2D eigenvalue weighted by atomic mass is 16.4. The van der Waals surface area contributed by atoms with Gasteiger partial charge in [-0.3, -0.25) is 38.6 Å². The number of fused-ring (bicyclic) bond motifs is 1. The molecule has 4 rings (SSSR count). The SMILES string of the molecule is CC(C)[C@H](N)C(=O)N[C@@H](CCCN=C(N)N)C(=O)N[C@@H](Cc1c[nH]c2ccccc12)C(=O)N[C@@H](CC(=O)O)C(=O)N[C@H](C(=O)N[C@@H](Cc1ccc(O)cc1)C(=O)N1CCC[C@H]1C(=O)O)C(C)C. The Morgan fingerprint density at radius 3 is 2.00 bits per heavy atom. The fourth-order valence-corrected chi connectivity index (χ4v) is 7.61. The van der Waals surface area contributed by atoms with Crippen molar-refractivity contribution in [2.75, 3.05) is 13.1 Å². The van der Waals surface area contributed by atoms with Gasteiger partial charge in [-0.2, -0.15) is 0 Å². The number of aromatic nitrogens is 1. The van der Waals surface area contributed by atoms with Crippen LogP contribution in [0.1, 0.15) is 70.9 Å². The van der Waals surface area contributed by atoms with E-state index in [2.05, 4.69) is 36.6 Å². The number of aliphatic imine (C=N–C) groups is 1. The van der Waals surface area contributed by atoms with Crippen molar-refractivity contribution >= 4 is 64.2 Å². The van der Waals surface area contributed by atoms with E-state index in [0.29, 0.717) is 28.5 Å². The van der Waals surface area contributed by atoms with Crippen molar-refractivity contribution in [1.29, 1.82) is 0 Å². The van der Waals surface area contributed by atoms with Gasteiger partial charge in [0.1, 0.15) is 42.0 Å². The Balaban J connectivity index is 1.62. The number of nitrogens with zero attached hydrogens (tertiary/aromatic N) is 2. The number of hydrogen-bond acceptors (Lipinski definition) is 11. The van der Waals surface area contributed by atoms with Gasteiger partial charge in [-0.05, 0) is 66.8 Å². The van der Waals surface area contributed by atoms with E-state index in [9.17, 15) is 53.7 Å². The number of carboxylic acid groups (broad SMARTS) is 2. The summed E-state index contributed by atoms with van der Waals surface area (Å²) in [5.41, 5.74) is 18.8. The van der Waals surface area contributed by atoms with Gasteiger partial charge < -0.3 is 69.0 Å². The number of aromatic hydroxyl groups is 1. The molecule has 2 heterocycles. The number of likely N-dealkylation sites (tertiary alicyclic amines) is 1. The number of aromatic amines is 1. The zero-order valence-electron chi connectivity index (χ0n) is 38.0. The van der Waals surface area contributed by atoms with E-state index in [1.54, 1.807) is 58.2 Å². The number of carbonyl (C=O) groups excluding carboxylic acids is 6. The Hall–Kier alpha value is -7.23. The minimum Gasteiger partial charge on any atom is -0.508 e. The van der Waals surface area contributed by atoms with E-state index in [1.165, 1.54) is 29.2 Å². The van der Waals surface area contributed by atoms with Crippen LogP contribution in [0.5, 0.6) is 5.75 Å². The Morgan fingerprint density at radius 1 is 0.761 bits per heavy atom. The van der Waals surface area contributed by atoms with Crippen LogP contribution in [0.25, 0.3) is 10.9 Å². The predicted molar refractivity (Wildman–Crippen MR) is 246 cm³/mol. The van der Waals surface area contributed by atoms with Gasteiger partial charge in [0.2, 0.25) is 35.4 Å². The zero-order chi connectivity index (χ0) is 49.5. The molecule has 0 bridgehead atoms. The van der Waals surface area contributed by atoms with Gasteiger partial charge in [0, 0.05) is 43.0 Å². The molecule has 1 aliphatic heterocycles. The molecule has 0 aliphatic carbocycles. The van der Waals surface area contributed by atoms with Crippen molar-refractivity contribution in [3.05, 3.63) is 65.9 Å². The number of nitrogens with one attached hydrogen (secondary N) is 6. The third-order valence-electron chi connectivity index (χ3n) is 11.4. The molecule has 22 heteroatoms. The quantitative estimate of drug-likeness (QED) is 0.0301. The summed E-state index contributed by atoms with van der Waals surface area (Å²) in [5, 5.41) is 43.2. The number of H-pyrrole nitrogens is 1. The number of benzene rings is 2. The van der Waals surface area contributed by atoms with Crippen molar-refractivity contribution in [2.24, 2.45) is 34.0 Å². The van der Waals surface area contributed by atoms with Crippen LogP contribution in [0.15, 0.2) is 59.7 Å². The predicted octanol–water partition coefficient (Wildman–Crippen LogP) is -0.674. The Morgan fingerprint density at radius 2 is 1.37 bits per heavy atom. The molecule has 6 amide bonds. The molecule has 2 aromatic carbocycles. The third-order valence-corrected chi connectivity index (χ3v) is 11.4. The molecular formula is C45H63N11O11. The van der Waals surface area contributed by atoms with Crippen LogP contribution >= 0.6 is 0 Å². The van der Waals surface area contributed by atoms with E-state index >= 15 is 0 Å². The molecule has 22 nitrogen and oxygen atoms in total. The topological polar surface area (TPSA) is 367 Å². The second-order valence-electron chi connectivity index (χ2n) is 17.3. The summed E-state index contributed by atoms with van der Waals surface area (Å²) in [5.74, 6) is -8.93. The van der Waals surface area contributed by atoms with Crippen LogP contribution in [0.4, 0.5) is 0 Å². The number of rotatable bonds is 24. The Labute approximate surface area is 387 Å². The zero-order valence-corrected chi connectivity index (χ0v) is 38.0. The number of amides is 6. The maximum atomic E-state index is 14.3. The van der Waals surface area contributed by atoms with Crippen molar-refractivity contribution < 1.29 is 53.7 Å². The summed E-state index contributed by atoms with van der Waals surface area (Å²) in [4.78, 5) is 116. The summed E-state index contributed by atoms with van der Waals surface area (Å²) < 4.78 is 0. The fourth-order valence-electron chi connectivity index (χ4n) is 7.61. The van der Waals surface area contributed by atoms with E-state index in [4.69, 9.17) is 17.2 Å². The number of phenols is 1. The van der Waals surface area contributed by atoms with Crippen molar-refractivity contribution in [3.63, 3.8) is 0 Å². The molecule has 1 aromatic heterocycles. The molecule has 0 saturated carbocycles. The normalized spacial score (nSPS) is 16.2. The smallest absolute Gasteiger partial charge is 0.326 e. The lowest BCUT2D eigenvalue weighted by molar-refractivity contribution is -0.149. The molecule has 1 saturated heterocycles. The minimum absolute atomic E-state index is 0.0167. The second-order valence-corrected chi connectivity index (χ2v) is 17.3. The van der Waals surface area contributed by atoms with Crippen molar-refractivity contribution in [2.45, 2.75) is 115 Å². The van der Waals surface area contributed by atoms with Crippen LogP contribution in [-0.2, 0) is 51.2 Å². The van der Waals surface area contributed by atoms with E-state index < -0.39 is 102 Å². The molecule has 67 heavy (non-hydrogen) atoms. The third kappa shape index (κ3) is 15.2. The summed E-state index contributed by atoms with van der Waals surface area (Å²) in [6, 6.07) is 3.63. The van der Waals surface area contributed by atoms with Gasteiger partial charge in [0.25, 0.3) is 0 Å². The number of hydrogen-bond donors (Lipinski definition) is 12. The number of nitrogens with two attached hydrogens (primary N) is 3. The number of carboxylic acids is 2. The monoisotopic (exact) mass is 933 g/mol. The summed E-state index contributed by atoms with van der Waals surface area (Å²) in [6.07, 6.45) is 1.26. The molecule has 0 unspecified atom stereocenters. The number of phenolic OH excluding ortho intramolecular Hbond substituents is 1. The van der Waals surface area contributed by atoms with Gasteiger partial charge in [-0.25, -0.2) is 4.79 Å². The highest BCUT2D eigenvalue weighted by Crippen LogP contribution is 2.22. The molecular weight excluding hydrogens is 871 g/mol. The first-order valence-corrected chi connectivity index (χ1v) is 22.1. The van der Waals surface area contributed by atoms with E-state index in [-0.39, 0.29) is 62.8 Å². The number of guanidine groups is 1. The molecule has 3 aromatic rings. The molecule has 364 valence electrons. The minimum atomic E-state index is -1.81. The molecule has 0 radical (unpaired) electrons. The number of para-hydroxylation sites is 1. The summed E-state index contributed by atoms with van der Waals surface area (Å²) in [6.45, 7) is 6.86. The lowest BCUT2D eigenvalue weighted by Gasteiger charge is -2.30. The molecule has 1 aliphatic rings. The lowest BCUT2D eigenvalue weighted by Crippen LogP contribution is -2.61. The first-order valence-electron chi connectivity index (χ1n) is 22.1. The van der Waals surface area contributed by atoms with Crippen LogP contribution in [0.2, 0.25) is 0 Å². The maximum Gasteiger partial charge on any atom is 0.326 e. The highest BCUT2D eigenvalue weighted by Gasteiger charge is 2.40. The van der Waals surface area contributed by atoms with E-state index in [0.717, 1.165) is 0 Å². The largest absolute Gasteiger partial charge is 0.508 e. The van der Waals surface area contributed by atoms with Crippen molar-refractivity contribution in [1.82, 2.24) is 36.5 Å². The molecule has 15 N–H and O–H groups in total. The van der Waals surface area contributed by atoms with Crippen LogP contribution < -0.4 is 43.8 Å². The molecule has 7 atom stereocenters. The summed E-state index contributed by atoms with van der Waals surface area (Å²) in [7, 11) is 0. The summed E-state index contributed by atoms with van der Waals surface area (Å²) >= 11 is 0. The van der Waals surface area contributed by atoms with Crippen LogP contribution in [-0.4, -0.2) is 134 Å². The first kappa shape index (κ1) is 52.4. The molecule has 1 fully saturated rings. The first-order chi connectivity index (χ1) is 31.7. The van der Waals surface area contributed by atoms with Gasteiger partial charge in [0.15, 0.2) is 5.96 Å². The van der Waals surface area contributed by atoms with Gasteiger partial charge in [-0.15, -0.1) is 0 Å². The average Bonchev–Trinajstić information content (AvgIpc) is 3.93. The van der Waals surface area contributed by atoms with Crippen LogP contribution in [0.3, 0.4) is 0 Å².